The van der Waals surface area contributed by atoms with E-state index in [1.807, 2.05) is 0 Å². The van der Waals surface area contributed by atoms with E-state index in [4.69, 9.17) is 0 Å². The number of rotatable bonds is 2. The molecule has 0 heterocycles. The van der Waals surface area contributed by atoms with Crippen LogP contribution in [0.1, 0.15) is 36.9 Å². The van der Waals surface area contributed by atoms with Crippen molar-refractivity contribution in [2.75, 3.05) is 0 Å². The van der Waals surface area contributed by atoms with E-state index in [9.17, 15) is 23.4 Å². The van der Waals surface area contributed by atoms with E-state index in [0.717, 1.165) is 6.20 Å². The minimum Gasteiger partial charge on any atom is -0.508 e. The first kappa shape index (κ1) is 15.7. The van der Waals surface area contributed by atoms with Gasteiger partial charge >= 0.3 is 6.18 Å². The SMILES string of the molecule is C=CNC1c2cccc(O)c2C(C)C(C)C1(O)C(F)(F)F. The van der Waals surface area contributed by atoms with Gasteiger partial charge in [-0.2, -0.15) is 13.2 Å². The average molecular weight is 301 g/mol. The second-order valence-corrected chi connectivity index (χ2v) is 5.48. The highest BCUT2D eigenvalue weighted by Crippen LogP contribution is 2.55. The minimum absolute atomic E-state index is 0.0630. The van der Waals surface area contributed by atoms with Crippen LogP contribution in [0.2, 0.25) is 0 Å². The maximum absolute atomic E-state index is 13.5. The molecule has 0 radical (unpaired) electrons. The Labute approximate surface area is 121 Å². The summed E-state index contributed by atoms with van der Waals surface area (Å²) in [5.74, 6) is -1.83. The van der Waals surface area contributed by atoms with Crippen LogP contribution in [0.25, 0.3) is 0 Å². The molecular weight excluding hydrogens is 283 g/mol. The van der Waals surface area contributed by atoms with Crippen molar-refractivity contribution in [3.63, 3.8) is 0 Å². The molecule has 0 aliphatic heterocycles. The molecule has 116 valence electrons. The molecular formula is C15H18F3NO2. The number of fused-ring (bicyclic) bond motifs is 1. The molecule has 4 unspecified atom stereocenters. The molecule has 1 aliphatic rings. The molecule has 0 spiro atoms. The normalized spacial score (nSPS) is 32.4. The monoisotopic (exact) mass is 301 g/mol. The van der Waals surface area contributed by atoms with Gasteiger partial charge in [0.1, 0.15) is 5.75 Å². The van der Waals surface area contributed by atoms with Gasteiger partial charge in [0.05, 0.1) is 6.04 Å². The number of hydrogen-bond donors (Lipinski definition) is 3. The zero-order valence-electron chi connectivity index (χ0n) is 11.8. The Bertz CT molecular complexity index is 558. The molecule has 0 fully saturated rings. The number of alkyl halides is 3. The first-order valence-corrected chi connectivity index (χ1v) is 6.64. The van der Waals surface area contributed by atoms with Crippen molar-refractivity contribution in [1.82, 2.24) is 5.32 Å². The largest absolute Gasteiger partial charge is 0.508 e. The van der Waals surface area contributed by atoms with Gasteiger partial charge in [0, 0.05) is 11.5 Å². The predicted molar refractivity (Wildman–Crippen MR) is 72.8 cm³/mol. The molecule has 0 amide bonds. The Morgan fingerprint density at radius 1 is 1.33 bits per heavy atom. The Hall–Kier alpha value is -1.69. The molecule has 0 saturated heterocycles. The lowest BCUT2D eigenvalue weighted by Gasteiger charge is -2.49. The number of aliphatic hydroxyl groups is 1. The van der Waals surface area contributed by atoms with E-state index in [1.54, 1.807) is 6.92 Å². The van der Waals surface area contributed by atoms with Crippen LogP contribution in [-0.2, 0) is 0 Å². The van der Waals surface area contributed by atoms with Crippen LogP contribution in [0.4, 0.5) is 13.2 Å². The third-order valence-electron chi connectivity index (χ3n) is 4.51. The maximum atomic E-state index is 13.5. The van der Waals surface area contributed by atoms with Gasteiger partial charge in [-0.05, 0) is 23.7 Å². The van der Waals surface area contributed by atoms with Crippen molar-refractivity contribution in [1.29, 1.82) is 0 Å². The first-order valence-electron chi connectivity index (χ1n) is 6.64. The molecule has 1 aromatic carbocycles. The minimum atomic E-state index is -4.81. The molecule has 3 N–H and O–H groups in total. The fourth-order valence-corrected chi connectivity index (χ4v) is 3.21. The second kappa shape index (κ2) is 4.94. The van der Waals surface area contributed by atoms with Crippen molar-refractivity contribution in [3.05, 3.63) is 42.1 Å². The molecule has 1 aliphatic carbocycles. The van der Waals surface area contributed by atoms with Gasteiger partial charge in [0.25, 0.3) is 0 Å². The van der Waals surface area contributed by atoms with Crippen LogP contribution >= 0.6 is 0 Å². The van der Waals surface area contributed by atoms with Crippen molar-refractivity contribution in [2.24, 2.45) is 5.92 Å². The Morgan fingerprint density at radius 2 is 1.95 bits per heavy atom. The van der Waals surface area contributed by atoms with Crippen molar-refractivity contribution in [2.45, 2.75) is 37.6 Å². The van der Waals surface area contributed by atoms with E-state index < -0.39 is 29.7 Å². The Balaban J connectivity index is 2.73. The van der Waals surface area contributed by atoms with Crippen molar-refractivity contribution < 1.29 is 23.4 Å². The summed E-state index contributed by atoms with van der Waals surface area (Å²) in [7, 11) is 0. The molecule has 0 bridgehead atoms. The molecule has 0 saturated carbocycles. The summed E-state index contributed by atoms with van der Waals surface area (Å²) in [5.41, 5.74) is -2.28. The summed E-state index contributed by atoms with van der Waals surface area (Å²) >= 11 is 0. The van der Waals surface area contributed by atoms with Crippen LogP contribution in [0.15, 0.2) is 31.0 Å². The van der Waals surface area contributed by atoms with Crippen LogP contribution in [0, 0.1) is 5.92 Å². The number of phenolic OH excluding ortho intramolecular Hbond substituents is 1. The third kappa shape index (κ3) is 2.09. The van der Waals surface area contributed by atoms with E-state index in [0.29, 0.717) is 5.56 Å². The first-order chi connectivity index (χ1) is 9.66. The van der Waals surface area contributed by atoms with Crippen molar-refractivity contribution >= 4 is 0 Å². The molecule has 0 aromatic heterocycles. The summed E-state index contributed by atoms with van der Waals surface area (Å²) in [4.78, 5) is 0. The molecule has 1 aromatic rings. The number of halogens is 3. The summed E-state index contributed by atoms with van der Waals surface area (Å²) in [5, 5.41) is 22.9. The molecule has 4 atom stereocenters. The second-order valence-electron chi connectivity index (χ2n) is 5.48. The number of aromatic hydroxyl groups is 1. The molecule has 21 heavy (non-hydrogen) atoms. The standard InChI is InChI=1S/C15H18F3NO2/c1-4-19-13-10-6-5-7-11(20)12(10)8(2)9(3)14(13,21)15(16,17)18/h4-9,13,19-21H,1H2,2-3H3. The number of phenols is 1. The predicted octanol–water partition coefficient (Wildman–Crippen LogP) is 3.21. The van der Waals surface area contributed by atoms with E-state index in [-0.39, 0.29) is 11.3 Å². The highest BCUT2D eigenvalue weighted by Gasteiger charge is 2.65. The Kier molecular flexibility index (Phi) is 3.70. The summed E-state index contributed by atoms with van der Waals surface area (Å²) < 4.78 is 40.6. The van der Waals surface area contributed by atoms with Crippen LogP contribution < -0.4 is 5.32 Å². The van der Waals surface area contributed by atoms with E-state index in [1.165, 1.54) is 25.1 Å². The summed E-state index contributed by atoms with van der Waals surface area (Å²) in [6.45, 7) is 6.30. The highest BCUT2D eigenvalue weighted by atomic mass is 19.4. The average Bonchev–Trinajstić information content (AvgIpc) is 2.39. The fraction of sp³-hybridized carbons (Fsp3) is 0.467. The maximum Gasteiger partial charge on any atom is 0.419 e. The lowest BCUT2D eigenvalue weighted by atomic mass is 9.64. The van der Waals surface area contributed by atoms with Gasteiger partial charge in [-0.25, -0.2) is 0 Å². The fourth-order valence-electron chi connectivity index (χ4n) is 3.21. The smallest absolute Gasteiger partial charge is 0.419 e. The van der Waals surface area contributed by atoms with Crippen LogP contribution in [0.3, 0.4) is 0 Å². The zero-order chi connectivity index (χ0) is 16.0. The quantitative estimate of drug-likeness (QED) is 0.786. The zero-order valence-corrected chi connectivity index (χ0v) is 11.8. The third-order valence-corrected chi connectivity index (χ3v) is 4.51. The van der Waals surface area contributed by atoms with E-state index in [2.05, 4.69) is 11.9 Å². The van der Waals surface area contributed by atoms with Crippen LogP contribution in [0.5, 0.6) is 5.75 Å². The number of benzene rings is 1. The highest BCUT2D eigenvalue weighted by molar-refractivity contribution is 5.48. The topological polar surface area (TPSA) is 52.5 Å². The Morgan fingerprint density at radius 3 is 2.48 bits per heavy atom. The van der Waals surface area contributed by atoms with Crippen molar-refractivity contribution in [3.8, 4) is 5.75 Å². The van der Waals surface area contributed by atoms with Gasteiger partial charge in [-0.1, -0.05) is 32.6 Å². The lowest BCUT2D eigenvalue weighted by Crippen LogP contribution is -2.61. The summed E-state index contributed by atoms with van der Waals surface area (Å²) in [6, 6.07) is 2.97. The summed E-state index contributed by atoms with van der Waals surface area (Å²) in [6.07, 6.45) is -3.69. The van der Waals surface area contributed by atoms with Gasteiger partial charge < -0.3 is 15.5 Å². The number of hydrogen-bond acceptors (Lipinski definition) is 3. The van der Waals surface area contributed by atoms with Gasteiger partial charge in [-0.3, -0.25) is 0 Å². The van der Waals surface area contributed by atoms with E-state index >= 15 is 0 Å². The van der Waals surface area contributed by atoms with Gasteiger partial charge in [-0.15, -0.1) is 0 Å². The van der Waals surface area contributed by atoms with Gasteiger partial charge in [0.2, 0.25) is 0 Å². The number of nitrogens with one attached hydrogen (secondary N) is 1. The van der Waals surface area contributed by atoms with Crippen LogP contribution in [-0.4, -0.2) is 22.0 Å². The molecule has 6 heteroatoms. The lowest BCUT2D eigenvalue weighted by molar-refractivity contribution is -0.294. The van der Waals surface area contributed by atoms with Gasteiger partial charge in [0.15, 0.2) is 5.60 Å². The molecule has 2 rings (SSSR count). The molecule has 3 nitrogen and oxygen atoms in total.